The molecule has 1 atom stereocenters. The minimum Gasteiger partial charge on any atom is -0.479 e. The molecule has 0 aliphatic rings. The average molecular weight is 234 g/mol. The van der Waals surface area contributed by atoms with E-state index in [9.17, 15) is 0 Å². The lowest BCUT2D eigenvalue weighted by Gasteiger charge is -2.13. The Bertz CT molecular complexity index is 148. The molecule has 1 nitrogen and oxygen atoms in total. The van der Waals surface area contributed by atoms with E-state index in [2.05, 4.69) is 13.8 Å². The van der Waals surface area contributed by atoms with Crippen molar-refractivity contribution in [3.8, 4) is 0 Å². The number of unbranched alkanes of at least 4 members (excludes halogenated alkanes) is 1. The summed E-state index contributed by atoms with van der Waals surface area (Å²) in [6.07, 6.45) is 5.20. The molecule has 0 aromatic heterocycles. The van der Waals surface area contributed by atoms with Crippen molar-refractivity contribution < 1.29 is 4.74 Å². The van der Waals surface area contributed by atoms with Crippen LogP contribution in [0.4, 0.5) is 0 Å². The van der Waals surface area contributed by atoms with Crippen LogP contribution in [-0.2, 0) is 4.74 Å². The van der Waals surface area contributed by atoms with Gasteiger partial charge in [0.1, 0.15) is 0 Å². The normalized spacial score (nSPS) is 12.5. The van der Waals surface area contributed by atoms with Crippen LogP contribution in [0.25, 0.3) is 0 Å². The first-order valence-corrected chi connectivity index (χ1v) is 6.93. The highest BCUT2D eigenvalue weighted by atomic mass is 32.2. The highest BCUT2D eigenvalue weighted by molar-refractivity contribution is 8.22. The van der Waals surface area contributed by atoms with Gasteiger partial charge < -0.3 is 4.74 Å². The van der Waals surface area contributed by atoms with E-state index in [4.69, 9.17) is 17.0 Å². The molecule has 14 heavy (non-hydrogen) atoms. The zero-order valence-corrected chi connectivity index (χ0v) is 11.2. The van der Waals surface area contributed by atoms with Crippen LogP contribution in [0, 0.1) is 5.92 Å². The van der Waals surface area contributed by atoms with Crippen LogP contribution in [0.3, 0.4) is 0 Å². The molecule has 0 amide bonds. The van der Waals surface area contributed by atoms with Crippen LogP contribution < -0.4 is 0 Å². The largest absolute Gasteiger partial charge is 0.479 e. The third-order valence-corrected chi connectivity index (χ3v) is 3.71. The van der Waals surface area contributed by atoms with Gasteiger partial charge >= 0.3 is 0 Å². The number of thioether (sulfide) groups is 1. The summed E-state index contributed by atoms with van der Waals surface area (Å²) >= 11 is 6.77. The van der Waals surface area contributed by atoms with E-state index >= 15 is 0 Å². The van der Waals surface area contributed by atoms with Gasteiger partial charge in [-0.15, -0.1) is 0 Å². The zero-order chi connectivity index (χ0) is 10.8. The van der Waals surface area contributed by atoms with Gasteiger partial charge in [-0.05, 0) is 31.5 Å². The number of hydrogen-bond donors (Lipinski definition) is 0. The lowest BCUT2D eigenvalue weighted by molar-refractivity contribution is 0.346. The van der Waals surface area contributed by atoms with Gasteiger partial charge in [0.2, 0.25) is 4.38 Å². The Hall–Kier alpha value is 0.240. The Morgan fingerprint density at radius 1 is 1.36 bits per heavy atom. The molecule has 84 valence electrons. The van der Waals surface area contributed by atoms with Gasteiger partial charge in [0.25, 0.3) is 0 Å². The summed E-state index contributed by atoms with van der Waals surface area (Å²) in [4.78, 5) is 0. The monoisotopic (exact) mass is 234 g/mol. The van der Waals surface area contributed by atoms with Gasteiger partial charge in [-0.2, -0.15) is 0 Å². The van der Waals surface area contributed by atoms with E-state index < -0.39 is 0 Å². The molecule has 0 aromatic rings. The Balaban J connectivity index is 3.55. The fourth-order valence-electron chi connectivity index (χ4n) is 1.24. The summed E-state index contributed by atoms with van der Waals surface area (Å²) < 4.78 is 5.95. The Kier molecular flexibility index (Phi) is 9.95. The first kappa shape index (κ1) is 14.2. The third kappa shape index (κ3) is 7.63. The summed E-state index contributed by atoms with van der Waals surface area (Å²) in [6.45, 7) is 7.16. The first-order chi connectivity index (χ1) is 6.74. The van der Waals surface area contributed by atoms with E-state index in [-0.39, 0.29) is 0 Å². The molecule has 1 unspecified atom stereocenters. The maximum Gasteiger partial charge on any atom is 0.219 e. The van der Waals surface area contributed by atoms with E-state index in [1.807, 2.05) is 6.92 Å². The summed E-state index contributed by atoms with van der Waals surface area (Å²) in [7, 11) is 0. The molecule has 0 N–H and O–H groups in total. The predicted octanol–water partition coefficient (Wildman–Crippen LogP) is 4.26. The van der Waals surface area contributed by atoms with Crippen LogP contribution in [-0.4, -0.2) is 16.7 Å². The molecule has 0 saturated carbocycles. The zero-order valence-electron chi connectivity index (χ0n) is 9.54. The number of rotatable bonds is 7. The molecule has 0 bridgehead atoms. The minimum atomic E-state index is 0.692. The van der Waals surface area contributed by atoms with Gasteiger partial charge in [0.15, 0.2) is 0 Å². The molecule has 0 radical (unpaired) electrons. The smallest absolute Gasteiger partial charge is 0.219 e. The van der Waals surface area contributed by atoms with Crippen molar-refractivity contribution >= 4 is 28.4 Å². The summed E-state index contributed by atoms with van der Waals surface area (Å²) in [5, 5.41) is 0. The Labute approximate surface area is 98.0 Å². The second-order valence-corrected chi connectivity index (χ2v) is 5.03. The van der Waals surface area contributed by atoms with E-state index in [1.165, 1.54) is 25.7 Å². The first-order valence-electron chi connectivity index (χ1n) is 5.54. The molecular weight excluding hydrogens is 212 g/mol. The number of hydrogen-bond acceptors (Lipinski definition) is 3. The maximum absolute atomic E-state index is 5.24. The van der Waals surface area contributed by atoms with Crippen molar-refractivity contribution in [2.75, 3.05) is 12.4 Å². The molecular formula is C11H22OS2. The van der Waals surface area contributed by atoms with Crippen LogP contribution in [0.2, 0.25) is 0 Å². The second kappa shape index (κ2) is 9.78. The van der Waals surface area contributed by atoms with E-state index in [0.29, 0.717) is 11.0 Å². The highest BCUT2D eigenvalue weighted by Crippen LogP contribution is 2.19. The molecule has 0 fully saturated rings. The quantitative estimate of drug-likeness (QED) is 0.609. The molecule has 0 saturated heterocycles. The molecule has 0 heterocycles. The van der Waals surface area contributed by atoms with Gasteiger partial charge in [-0.3, -0.25) is 0 Å². The summed E-state index contributed by atoms with van der Waals surface area (Å²) in [5.74, 6) is 1.92. The van der Waals surface area contributed by atoms with Gasteiger partial charge in [0, 0.05) is 5.75 Å². The van der Waals surface area contributed by atoms with Crippen LogP contribution in [0.5, 0.6) is 0 Å². The van der Waals surface area contributed by atoms with Gasteiger partial charge in [-0.1, -0.05) is 44.9 Å². The van der Waals surface area contributed by atoms with Crippen molar-refractivity contribution in [3.05, 3.63) is 0 Å². The van der Waals surface area contributed by atoms with Crippen molar-refractivity contribution in [1.82, 2.24) is 0 Å². The molecule has 3 heteroatoms. The van der Waals surface area contributed by atoms with Crippen molar-refractivity contribution in [2.45, 2.75) is 46.5 Å². The van der Waals surface area contributed by atoms with Crippen molar-refractivity contribution in [3.63, 3.8) is 0 Å². The topological polar surface area (TPSA) is 9.23 Å². The molecule has 0 aliphatic heterocycles. The van der Waals surface area contributed by atoms with Crippen LogP contribution in [0.15, 0.2) is 0 Å². The summed E-state index contributed by atoms with van der Waals surface area (Å²) in [5.41, 5.74) is 0. The van der Waals surface area contributed by atoms with Crippen molar-refractivity contribution in [2.24, 2.45) is 5.92 Å². The second-order valence-electron chi connectivity index (χ2n) is 3.41. The fourth-order valence-corrected chi connectivity index (χ4v) is 2.54. The van der Waals surface area contributed by atoms with Crippen LogP contribution in [0.1, 0.15) is 46.5 Å². The number of thiocarbonyl (C=S) groups is 1. The Morgan fingerprint density at radius 3 is 2.57 bits per heavy atom. The fraction of sp³-hybridized carbons (Fsp3) is 0.909. The van der Waals surface area contributed by atoms with Gasteiger partial charge in [0.05, 0.1) is 6.61 Å². The average Bonchev–Trinajstić information content (AvgIpc) is 2.19. The van der Waals surface area contributed by atoms with E-state index in [0.717, 1.165) is 11.7 Å². The number of ether oxygens (including phenoxy) is 1. The van der Waals surface area contributed by atoms with Gasteiger partial charge in [-0.25, -0.2) is 0 Å². The third-order valence-electron chi connectivity index (χ3n) is 2.24. The lowest BCUT2D eigenvalue weighted by Crippen LogP contribution is -2.06. The van der Waals surface area contributed by atoms with E-state index in [1.54, 1.807) is 11.8 Å². The molecule has 0 aromatic carbocycles. The lowest BCUT2D eigenvalue weighted by atomic mass is 10.0. The highest BCUT2D eigenvalue weighted by Gasteiger charge is 2.07. The SMILES string of the molecule is CCCCC(CC)CSC(=S)OCC. The predicted molar refractivity (Wildman–Crippen MR) is 70.0 cm³/mol. The minimum absolute atomic E-state index is 0.692. The molecule has 0 spiro atoms. The van der Waals surface area contributed by atoms with Crippen molar-refractivity contribution in [1.29, 1.82) is 0 Å². The molecule has 0 aliphatic carbocycles. The van der Waals surface area contributed by atoms with Crippen LogP contribution >= 0.6 is 24.0 Å². The Morgan fingerprint density at radius 2 is 2.07 bits per heavy atom. The standard InChI is InChI=1S/C11H22OS2/c1-4-7-8-10(5-2)9-14-11(13)12-6-3/h10H,4-9H2,1-3H3. The maximum atomic E-state index is 5.24. The summed E-state index contributed by atoms with van der Waals surface area (Å²) in [6, 6.07) is 0. The molecule has 0 rings (SSSR count).